The molecule has 1 aliphatic heterocycles. The first-order chi connectivity index (χ1) is 9.56. The maximum atomic E-state index is 11.8. The van der Waals surface area contributed by atoms with Gasteiger partial charge in [0.05, 0.1) is 21.4 Å². The average molecular weight is 309 g/mol. The van der Waals surface area contributed by atoms with Gasteiger partial charge in [-0.2, -0.15) is 0 Å². The summed E-state index contributed by atoms with van der Waals surface area (Å²) in [7, 11) is 0. The Balaban J connectivity index is 2.15. The number of carbonyl (C=O) groups is 1. The average Bonchev–Trinajstić information content (AvgIpc) is 2.42. The fourth-order valence-electron chi connectivity index (χ4n) is 2.08. The minimum Gasteiger partial charge on any atom is -0.382 e. The SMILES string of the molecule is Nc1nc(N2CC(=O)Nc3ccccc32)c(Cl)cc1Cl. The molecule has 0 fully saturated rings. The van der Waals surface area contributed by atoms with E-state index in [1.54, 1.807) is 4.90 Å². The molecule has 0 saturated carbocycles. The van der Waals surface area contributed by atoms with Crippen molar-refractivity contribution < 1.29 is 4.79 Å². The predicted octanol–water partition coefficient (Wildman–Crippen LogP) is 3.06. The minimum atomic E-state index is -0.143. The zero-order valence-corrected chi connectivity index (χ0v) is 11.7. The zero-order valence-electron chi connectivity index (χ0n) is 10.2. The van der Waals surface area contributed by atoms with E-state index in [9.17, 15) is 4.79 Å². The van der Waals surface area contributed by atoms with E-state index in [1.165, 1.54) is 6.07 Å². The van der Waals surface area contributed by atoms with Crippen molar-refractivity contribution in [3.63, 3.8) is 0 Å². The molecule has 0 radical (unpaired) electrons. The number of hydrogen-bond acceptors (Lipinski definition) is 4. The number of anilines is 4. The third-order valence-corrected chi connectivity index (χ3v) is 3.55. The van der Waals surface area contributed by atoms with Crippen LogP contribution in [-0.4, -0.2) is 17.4 Å². The van der Waals surface area contributed by atoms with E-state index in [4.69, 9.17) is 28.9 Å². The molecule has 2 heterocycles. The summed E-state index contributed by atoms with van der Waals surface area (Å²) >= 11 is 12.1. The normalized spacial score (nSPS) is 13.9. The molecular formula is C13H10Cl2N4O. The fraction of sp³-hybridized carbons (Fsp3) is 0.0769. The van der Waals surface area contributed by atoms with E-state index in [0.717, 1.165) is 5.69 Å². The lowest BCUT2D eigenvalue weighted by molar-refractivity contribution is -0.115. The maximum absolute atomic E-state index is 11.8. The number of halogens is 2. The van der Waals surface area contributed by atoms with Crippen LogP contribution in [0.4, 0.5) is 23.0 Å². The number of rotatable bonds is 1. The van der Waals surface area contributed by atoms with Crippen molar-refractivity contribution in [2.24, 2.45) is 0 Å². The molecule has 0 aliphatic carbocycles. The molecule has 7 heteroatoms. The number of fused-ring (bicyclic) bond motifs is 1. The van der Waals surface area contributed by atoms with E-state index in [-0.39, 0.29) is 23.3 Å². The second-order valence-corrected chi connectivity index (χ2v) is 5.13. The van der Waals surface area contributed by atoms with Gasteiger partial charge >= 0.3 is 0 Å². The highest BCUT2D eigenvalue weighted by molar-refractivity contribution is 6.37. The van der Waals surface area contributed by atoms with Crippen molar-refractivity contribution in [1.29, 1.82) is 0 Å². The first kappa shape index (κ1) is 13.0. The van der Waals surface area contributed by atoms with Crippen molar-refractivity contribution in [1.82, 2.24) is 4.98 Å². The molecule has 0 bridgehead atoms. The molecule has 20 heavy (non-hydrogen) atoms. The summed E-state index contributed by atoms with van der Waals surface area (Å²) in [6, 6.07) is 8.92. The van der Waals surface area contributed by atoms with E-state index in [1.807, 2.05) is 24.3 Å². The molecule has 2 aromatic rings. The van der Waals surface area contributed by atoms with Crippen LogP contribution in [0.3, 0.4) is 0 Å². The van der Waals surface area contributed by atoms with Crippen molar-refractivity contribution in [2.45, 2.75) is 0 Å². The molecule has 1 aliphatic rings. The van der Waals surface area contributed by atoms with Crippen LogP contribution in [0.5, 0.6) is 0 Å². The quantitative estimate of drug-likeness (QED) is 0.849. The lowest BCUT2D eigenvalue weighted by Gasteiger charge is -2.30. The van der Waals surface area contributed by atoms with Gasteiger partial charge in [-0.15, -0.1) is 0 Å². The highest BCUT2D eigenvalue weighted by Crippen LogP contribution is 2.38. The van der Waals surface area contributed by atoms with Gasteiger partial charge in [0.1, 0.15) is 12.4 Å². The Hall–Kier alpha value is -1.98. The molecule has 0 atom stereocenters. The Morgan fingerprint density at radius 1 is 1.25 bits per heavy atom. The fourth-order valence-corrected chi connectivity index (χ4v) is 2.54. The van der Waals surface area contributed by atoms with Crippen LogP contribution < -0.4 is 16.0 Å². The van der Waals surface area contributed by atoms with Gasteiger partial charge in [-0.1, -0.05) is 35.3 Å². The van der Waals surface area contributed by atoms with Crippen LogP contribution in [0.15, 0.2) is 30.3 Å². The third kappa shape index (κ3) is 2.15. The van der Waals surface area contributed by atoms with Gasteiger partial charge < -0.3 is 16.0 Å². The Kier molecular flexibility index (Phi) is 3.16. The number of benzene rings is 1. The number of carbonyl (C=O) groups excluding carboxylic acids is 1. The minimum absolute atomic E-state index is 0.116. The van der Waals surface area contributed by atoms with Gasteiger partial charge in [-0.05, 0) is 18.2 Å². The van der Waals surface area contributed by atoms with Crippen LogP contribution in [0.1, 0.15) is 0 Å². The largest absolute Gasteiger partial charge is 0.382 e. The maximum Gasteiger partial charge on any atom is 0.244 e. The number of aromatic nitrogens is 1. The van der Waals surface area contributed by atoms with Gasteiger partial charge in [0, 0.05) is 0 Å². The van der Waals surface area contributed by atoms with E-state index in [2.05, 4.69) is 10.3 Å². The summed E-state index contributed by atoms with van der Waals surface area (Å²) in [5.41, 5.74) is 7.23. The smallest absolute Gasteiger partial charge is 0.244 e. The number of pyridine rings is 1. The van der Waals surface area contributed by atoms with Gasteiger partial charge in [0.25, 0.3) is 0 Å². The van der Waals surface area contributed by atoms with Gasteiger partial charge in [0.2, 0.25) is 5.91 Å². The molecule has 0 saturated heterocycles. The number of hydrogen-bond donors (Lipinski definition) is 2. The Bertz CT molecular complexity index is 705. The van der Waals surface area contributed by atoms with Gasteiger partial charge in [0.15, 0.2) is 5.82 Å². The molecule has 5 nitrogen and oxygen atoms in total. The first-order valence-corrected chi connectivity index (χ1v) is 6.60. The predicted molar refractivity (Wildman–Crippen MR) is 80.7 cm³/mol. The van der Waals surface area contributed by atoms with Crippen molar-refractivity contribution in [3.05, 3.63) is 40.4 Å². The van der Waals surface area contributed by atoms with Gasteiger partial charge in [-0.25, -0.2) is 4.98 Å². The number of nitrogen functional groups attached to an aromatic ring is 1. The molecule has 0 spiro atoms. The standard InChI is InChI=1S/C13H10Cl2N4O/c14-7-5-8(15)13(18-12(7)16)19-6-11(20)17-9-3-1-2-4-10(9)19/h1-5H,6H2,(H2,16,18)(H,17,20). The summed E-state index contributed by atoms with van der Waals surface area (Å²) < 4.78 is 0. The van der Waals surface area contributed by atoms with E-state index >= 15 is 0 Å². The topological polar surface area (TPSA) is 71.2 Å². The summed E-state index contributed by atoms with van der Waals surface area (Å²) in [5, 5.41) is 3.42. The molecule has 3 N–H and O–H groups in total. The number of nitrogens with two attached hydrogens (primary N) is 1. The Labute approximate surface area is 125 Å². The highest BCUT2D eigenvalue weighted by Gasteiger charge is 2.25. The number of amides is 1. The lowest BCUT2D eigenvalue weighted by atomic mass is 10.2. The summed E-state index contributed by atoms with van der Waals surface area (Å²) in [6.45, 7) is 0.116. The molecule has 0 unspecified atom stereocenters. The second kappa shape index (κ2) is 4.85. The molecule has 1 aromatic heterocycles. The third-order valence-electron chi connectivity index (χ3n) is 2.96. The second-order valence-electron chi connectivity index (χ2n) is 4.31. The molecular weight excluding hydrogens is 299 g/mol. The van der Waals surface area contributed by atoms with Crippen LogP contribution >= 0.6 is 23.2 Å². The highest BCUT2D eigenvalue weighted by atomic mass is 35.5. The molecule has 1 aromatic carbocycles. The van der Waals surface area contributed by atoms with E-state index < -0.39 is 0 Å². The first-order valence-electron chi connectivity index (χ1n) is 5.84. The van der Waals surface area contributed by atoms with Crippen LogP contribution in [0.25, 0.3) is 0 Å². The monoisotopic (exact) mass is 308 g/mol. The molecule has 3 rings (SSSR count). The van der Waals surface area contributed by atoms with Crippen LogP contribution in [-0.2, 0) is 4.79 Å². The van der Waals surface area contributed by atoms with Crippen molar-refractivity contribution in [3.8, 4) is 0 Å². The Morgan fingerprint density at radius 2 is 2.00 bits per heavy atom. The van der Waals surface area contributed by atoms with Crippen molar-refractivity contribution >= 4 is 52.1 Å². The number of nitrogens with zero attached hydrogens (tertiary/aromatic N) is 2. The zero-order chi connectivity index (χ0) is 14.3. The summed E-state index contributed by atoms with van der Waals surface area (Å²) in [5.74, 6) is 0.445. The van der Waals surface area contributed by atoms with E-state index in [0.29, 0.717) is 16.5 Å². The lowest BCUT2D eigenvalue weighted by Crippen LogP contribution is -2.35. The van der Waals surface area contributed by atoms with Crippen molar-refractivity contribution in [2.75, 3.05) is 22.5 Å². The molecule has 1 amide bonds. The van der Waals surface area contributed by atoms with Gasteiger partial charge in [-0.3, -0.25) is 4.79 Å². The number of para-hydroxylation sites is 2. The van der Waals surface area contributed by atoms with Crippen LogP contribution in [0, 0.1) is 0 Å². The van der Waals surface area contributed by atoms with Crippen LogP contribution in [0.2, 0.25) is 10.0 Å². The summed E-state index contributed by atoms with van der Waals surface area (Å²) in [6.07, 6.45) is 0. The molecule has 102 valence electrons. The Morgan fingerprint density at radius 3 is 2.80 bits per heavy atom. The summed E-state index contributed by atoms with van der Waals surface area (Å²) in [4.78, 5) is 17.7. The number of nitrogens with one attached hydrogen (secondary N) is 1.